The summed E-state index contributed by atoms with van der Waals surface area (Å²) < 4.78 is 5.06. The molecule has 0 radical (unpaired) electrons. The van der Waals surface area contributed by atoms with Gasteiger partial charge in [0.25, 0.3) is 5.91 Å². The maximum atomic E-state index is 12.2. The van der Waals surface area contributed by atoms with Gasteiger partial charge in [0.15, 0.2) is 6.61 Å². The second-order valence-electron chi connectivity index (χ2n) is 5.88. The number of hydrogen-bond donors (Lipinski definition) is 1. The average molecular weight is 373 g/mol. The lowest BCUT2D eigenvalue weighted by atomic mass is 10.1. The molecule has 0 aromatic heterocycles. The number of rotatable bonds is 5. The smallest absolute Gasteiger partial charge is 0.311 e. The van der Waals surface area contributed by atoms with Crippen molar-refractivity contribution in [3.8, 4) is 0 Å². The third kappa shape index (κ3) is 4.21. The monoisotopic (exact) mass is 372 g/mol. The highest BCUT2D eigenvalue weighted by atomic mass is 35.5. The van der Waals surface area contributed by atoms with Gasteiger partial charge in [0.2, 0.25) is 5.91 Å². The largest absolute Gasteiger partial charge is 0.455 e. The van der Waals surface area contributed by atoms with Crippen molar-refractivity contribution in [1.29, 1.82) is 0 Å². The van der Waals surface area contributed by atoms with Crippen LogP contribution in [0.3, 0.4) is 0 Å². The van der Waals surface area contributed by atoms with Crippen molar-refractivity contribution in [2.45, 2.75) is 6.42 Å². The van der Waals surface area contributed by atoms with Crippen LogP contribution in [-0.2, 0) is 19.1 Å². The molecule has 0 bridgehead atoms. The lowest BCUT2D eigenvalue weighted by Crippen LogP contribution is -2.28. The van der Waals surface area contributed by atoms with Crippen LogP contribution in [0, 0.1) is 5.92 Å². The number of carbonyl (C=O) groups is 3. The Hall–Kier alpha value is -2.86. The number of benzene rings is 2. The summed E-state index contributed by atoms with van der Waals surface area (Å²) in [6.45, 7) is -0.216. The minimum Gasteiger partial charge on any atom is -0.455 e. The maximum Gasteiger partial charge on any atom is 0.311 e. The van der Waals surface area contributed by atoms with E-state index in [2.05, 4.69) is 5.32 Å². The Labute approximate surface area is 155 Å². The van der Waals surface area contributed by atoms with Crippen molar-refractivity contribution in [3.63, 3.8) is 0 Å². The van der Waals surface area contributed by atoms with Crippen LogP contribution in [-0.4, -0.2) is 30.9 Å². The molecule has 6 nitrogen and oxygen atoms in total. The molecule has 0 aliphatic carbocycles. The van der Waals surface area contributed by atoms with Gasteiger partial charge in [0, 0.05) is 18.7 Å². The van der Waals surface area contributed by atoms with E-state index in [0.717, 1.165) is 0 Å². The molecule has 2 amide bonds. The third-order valence-corrected chi connectivity index (χ3v) is 4.32. The summed E-state index contributed by atoms with van der Waals surface area (Å²) in [6.07, 6.45) is 0.0321. The molecule has 1 atom stereocenters. The molecule has 0 saturated carbocycles. The number of carbonyl (C=O) groups excluding carboxylic acids is 3. The van der Waals surface area contributed by atoms with E-state index in [1.165, 1.54) is 4.90 Å². The zero-order chi connectivity index (χ0) is 18.5. The quantitative estimate of drug-likeness (QED) is 0.819. The van der Waals surface area contributed by atoms with E-state index in [1.807, 2.05) is 6.07 Å². The molecule has 3 rings (SSSR count). The van der Waals surface area contributed by atoms with Gasteiger partial charge in [-0.25, -0.2) is 0 Å². The SMILES string of the molecule is O=C(COC(=O)[C@@H]1CC(=O)N(c2ccccc2Cl)C1)Nc1ccccc1. The topological polar surface area (TPSA) is 75.7 Å². The van der Waals surface area contributed by atoms with E-state index in [1.54, 1.807) is 48.5 Å². The number of anilines is 2. The van der Waals surface area contributed by atoms with Crippen LogP contribution < -0.4 is 10.2 Å². The van der Waals surface area contributed by atoms with Crippen molar-refractivity contribution < 1.29 is 19.1 Å². The number of esters is 1. The van der Waals surface area contributed by atoms with Crippen molar-refractivity contribution in [1.82, 2.24) is 0 Å². The number of nitrogens with one attached hydrogen (secondary N) is 1. The van der Waals surface area contributed by atoms with Gasteiger partial charge in [-0.1, -0.05) is 41.9 Å². The van der Waals surface area contributed by atoms with Crippen LogP contribution in [0.1, 0.15) is 6.42 Å². The Morgan fingerprint density at radius 1 is 1.12 bits per heavy atom. The molecule has 134 valence electrons. The van der Waals surface area contributed by atoms with Gasteiger partial charge in [-0.05, 0) is 24.3 Å². The summed E-state index contributed by atoms with van der Waals surface area (Å²) in [6, 6.07) is 15.8. The summed E-state index contributed by atoms with van der Waals surface area (Å²) in [5.41, 5.74) is 1.19. The number of nitrogens with zero attached hydrogens (tertiary/aromatic N) is 1. The summed E-state index contributed by atoms with van der Waals surface area (Å²) in [5, 5.41) is 3.07. The van der Waals surface area contributed by atoms with Gasteiger partial charge >= 0.3 is 5.97 Å². The number of ether oxygens (including phenoxy) is 1. The van der Waals surface area contributed by atoms with E-state index in [0.29, 0.717) is 16.4 Å². The molecule has 2 aromatic carbocycles. The first-order valence-corrected chi connectivity index (χ1v) is 8.49. The first-order valence-electron chi connectivity index (χ1n) is 8.11. The average Bonchev–Trinajstić information content (AvgIpc) is 3.02. The van der Waals surface area contributed by atoms with Crippen molar-refractivity contribution in [3.05, 3.63) is 59.6 Å². The second kappa shape index (κ2) is 8.01. The zero-order valence-corrected chi connectivity index (χ0v) is 14.6. The minimum absolute atomic E-state index is 0.0321. The fourth-order valence-corrected chi connectivity index (χ4v) is 2.98. The van der Waals surface area contributed by atoms with Crippen molar-refractivity contribution >= 4 is 40.8 Å². The molecule has 1 aliphatic rings. The van der Waals surface area contributed by atoms with Crippen molar-refractivity contribution in [2.24, 2.45) is 5.92 Å². The highest BCUT2D eigenvalue weighted by Crippen LogP contribution is 2.31. The predicted molar refractivity (Wildman–Crippen MR) is 97.9 cm³/mol. The summed E-state index contributed by atoms with van der Waals surface area (Å²) >= 11 is 6.11. The Kier molecular flexibility index (Phi) is 5.53. The Morgan fingerprint density at radius 2 is 1.81 bits per heavy atom. The number of halogens is 1. The van der Waals surface area contributed by atoms with E-state index in [9.17, 15) is 14.4 Å². The molecule has 0 unspecified atom stereocenters. The zero-order valence-electron chi connectivity index (χ0n) is 13.9. The Bertz CT molecular complexity index is 825. The molecule has 26 heavy (non-hydrogen) atoms. The highest BCUT2D eigenvalue weighted by Gasteiger charge is 2.37. The van der Waals surface area contributed by atoms with Crippen LogP contribution in [0.2, 0.25) is 5.02 Å². The van der Waals surface area contributed by atoms with Crippen LogP contribution in [0.15, 0.2) is 54.6 Å². The molecule has 1 saturated heterocycles. The van der Waals surface area contributed by atoms with Crippen LogP contribution in [0.5, 0.6) is 0 Å². The van der Waals surface area contributed by atoms with Gasteiger partial charge in [-0.15, -0.1) is 0 Å². The van der Waals surface area contributed by atoms with Gasteiger partial charge in [0.05, 0.1) is 16.6 Å². The van der Waals surface area contributed by atoms with Gasteiger partial charge in [-0.2, -0.15) is 0 Å². The van der Waals surface area contributed by atoms with Crippen LogP contribution in [0.25, 0.3) is 0 Å². The molecular formula is C19H17ClN2O4. The molecule has 0 spiro atoms. The minimum atomic E-state index is -0.622. The summed E-state index contributed by atoms with van der Waals surface area (Å²) in [4.78, 5) is 37.7. The van der Waals surface area contributed by atoms with E-state index >= 15 is 0 Å². The lowest BCUT2D eigenvalue weighted by Gasteiger charge is -2.17. The molecule has 1 heterocycles. The third-order valence-electron chi connectivity index (χ3n) is 4.00. The molecule has 1 fully saturated rings. The first-order chi connectivity index (χ1) is 12.5. The van der Waals surface area contributed by atoms with Gasteiger partial charge < -0.3 is 15.0 Å². The lowest BCUT2D eigenvalue weighted by molar-refractivity contribution is -0.151. The standard InChI is InChI=1S/C19H17ClN2O4/c20-15-8-4-5-9-16(15)22-11-13(10-18(22)24)19(25)26-12-17(23)21-14-6-2-1-3-7-14/h1-9,13H,10-12H2,(H,21,23)/t13-/m1/s1. The van der Waals surface area contributed by atoms with Crippen LogP contribution >= 0.6 is 11.6 Å². The first kappa shape index (κ1) is 17.9. The van der Waals surface area contributed by atoms with E-state index < -0.39 is 24.4 Å². The number of para-hydroxylation sites is 2. The normalized spacial score (nSPS) is 16.4. The van der Waals surface area contributed by atoms with Crippen molar-refractivity contribution in [2.75, 3.05) is 23.4 Å². The molecule has 1 N–H and O–H groups in total. The molecular weight excluding hydrogens is 356 g/mol. The van der Waals surface area contributed by atoms with E-state index in [-0.39, 0.29) is 18.9 Å². The maximum absolute atomic E-state index is 12.2. The van der Waals surface area contributed by atoms with Crippen LogP contribution in [0.4, 0.5) is 11.4 Å². The fourth-order valence-electron chi connectivity index (χ4n) is 2.74. The molecule has 2 aromatic rings. The summed E-state index contributed by atoms with van der Waals surface area (Å²) in [5.74, 6) is -1.83. The van der Waals surface area contributed by atoms with E-state index in [4.69, 9.17) is 16.3 Å². The Morgan fingerprint density at radius 3 is 2.54 bits per heavy atom. The fraction of sp³-hybridized carbons (Fsp3) is 0.211. The number of amides is 2. The van der Waals surface area contributed by atoms with Gasteiger partial charge in [0.1, 0.15) is 0 Å². The molecule has 1 aliphatic heterocycles. The van der Waals surface area contributed by atoms with Gasteiger partial charge in [-0.3, -0.25) is 14.4 Å². The highest BCUT2D eigenvalue weighted by molar-refractivity contribution is 6.33. The Balaban J connectivity index is 1.53. The number of hydrogen-bond acceptors (Lipinski definition) is 4. The molecule has 7 heteroatoms. The second-order valence-corrected chi connectivity index (χ2v) is 6.29. The predicted octanol–water partition coefficient (Wildman–Crippen LogP) is 2.87. The summed E-state index contributed by atoms with van der Waals surface area (Å²) in [7, 11) is 0.